The Balaban J connectivity index is -0.000000496. The molecule has 4 N–H and O–H groups in total. The van der Waals surface area contributed by atoms with Gasteiger partial charge in [-0.3, -0.25) is 0 Å². The second kappa shape index (κ2) is 28.5. The van der Waals surface area contributed by atoms with Crippen molar-refractivity contribution in [3.63, 3.8) is 0 Å². The summed E-state index contributed by atoms with van der Waals surface area (Å²) in [5.41, 5.74) is 4.87. The minimum atomic E-state index is -0.935. The number of carboxylic acid groups (broad SMARTS) is 2. The Kier molecular flexibility index (Phi) is 29.3. The Morgan fingerprint density at radius 2 is 1.00 bits per heavy atom. The summed E-state index contributed by atoms with van der Waals surface area (Å²) >= 11 is 0. The average molecular weight is 732 g/mol. The van der Waals surface area contributed by atoms with E-state index in [9.17, 15) is 33.6 Å². The van der Waals surface area contributed by atoms with Gasteiger partial charge in [0.2, 0.25) is 0 Å². The van der Waals surface area contributed by atoms with E-state index in [4.69, 9.17) is 29.4 Å². The highest BCUT2D eigenvalue weighted by Gasteiger charge is 2.29. The molecule has 0 aromatic heterocycles. The van der Waals surface area contributed by atoms with Crippen LogP contribution in [-0.2, 0) is 43.1 Å². The van der Waals surface area contributed by atoms with Gasteiger partial charge in [-0.05, 0) is 72.6 Å². The molecule has 0 radical (unpaired) electrons. The highest BCUT2D eigenvalue weighted by atomic mass is 16.8. The maximum atomic E-state index is 12.2. The molecule has 0 saturated carbocycles. The van der Waals surface area contributed by atoms with E-state index in [1.54, 1.807) is 20.8 Å². The van der Waals surface area contributed by atoms with E-state index in [1.807, 2.05) is 20.8 Å². The van der Waals surface area contributed by atoms with E-state index < -0.39 is 42.2 Å². The van der Waals surface area contributed by atoms with Gasteiger partial charge in [0.25, 0.3) is 0 Å². The van der Waals surface area contributed by atoms with Gasteiger partial charge in [0.15, 0.2) is 0 Å². The molecule has 1 unspecified atom stereocenters. The maximum absolute atomic E-state index is 12.2. The van der Waals surface area contributed by atoms with Crippen LogP contribution in [0.25, 0.3) is 0 Å². The lowest BCUT2D eigenvalue weighted by molar-refractivity contribution is -0.180. The zero-order valence-corrected chi connectivity index (χ0v) is 31.6. The molecular formula is C34H57N3O14. The second-order valence-corrected chi connectivity index (χ2v) is 11.5. The summed E-state index contributed by atoms with van der Waals surface area (Å²) in [6, 6.07) is 0. The van der Waals surface area contributed by atoms with Gasteiger partial charge in [-0.15, -0.1) is 10.1 Å². The molecule has 0 bridgehead atoms. The number of nitrogens with two attached hydrogens (primary N) is 1. The highest BCUT2D eigenvalue weighted by molar-refractivity contribution is 5.88. The summed E-state index contributed by atoms with van der Waals surface area (Å²) in [5.74, 6) is -3.42. The molecular weight excluding hydrogens is 674 g/mol. The largest absolute Gasteiger partial charge is 0.478 e. The van der Waals surface area contributed by atoms with E-state index in [-0.39, 0.29) is 59.9 Å². The quantitative estimate of drug-likeness (QED) is 0.109. The molecule has 0 rings (SSSR count). The molecule has 51 heavy (non-hydrogen) atoms. The molecule has 0 spiro atoms. The molecule has 0 aliphatic heterocycles. The molecule has 0 aliphatic carbocycles. The van der Waals surface area contributed by atoms with Gasteiger partial charge in [0.1, 0.15) is 0 Å². The van der Waals surface area contributed by atoms with Crippen molar-refractivity contribution in [3.8, 4) is 0 Å². The van der Waals surface area contributed by atoms with Crippen LogP contribution in [0.2, 0.25) is 0 Å². The van der Waals surface area contributed by atoms with Crippen molar-refractivity contribution >= 4 is 42.2 Å². The fraction of sp³-hybridized carbons (Fsp3) is 0.559. The Bertz CT molecular complexity index is 1180. The van der Waals surface area contributed by atoms with E-state index in [1.165, 1.54) is 27.7 Å². The van der Waals surface area contributed by atoms with Crippen LogP contribution in [0, 0.1) is 11.3 Å². The van der Waals surface area contributed by atoms with Crippen molar-refractivity contribution in [2.24, 2.45) is 17.1 Å². The first-order valence-corrected chi connectivity index (χ1v) is 15.6. The summed E-state index contributed by atoms with van der Waals surface area (Å²) in [4.78, 5) is 87.1. The zero-order chi connectivity index (χ0) is 41.1. The molecule has 0 aromatic carbocycles. The fourth-order valence-corrected chi connectivity index (χ4v) is 3.01. The number of carboxylic acids is 2. The van der Waals surface area contributed by atoms with Crippen LogP contribution in [0.5, 0.6) is 0 Å². The van der Waals surface area contributed by atoms with Gasteiger partial charge < -0.3 is 39.8 Å². The van der Waals surface area contributed by atoms with Crippen LogP contribution in [0.4, 0.5) is 14.4 Å². The standard InChI is InChI=1S/C23H38N2O8.2C4H6O2.C3H7NO2/c1-10-30-21(28)24(32-19(26)16(3)4)13-12-23(8,9)14-18(7)15-25(22(29)31-11-2)33-20(27)17(5)6;2*1-3(2)4(5)6;1-2-6-3(4)5/h18H,3,5,10-15H2,1-2,4,6-9H3;2*1H2,2H3,(H,5,6);2H2,1H3,(H2,4,5). The monoisotopic (exact) mass is 731 g/mol. The van der Waals surface area contributed by atoms with Gasteiger partial charge in [-0.2, -0.15) is 0 Å². The minimum Gasteiger partial charge on any atom is -0.478 e. The molecule has 0 saturated heterocycles. The van der Waals surface area contributed by atoms with Crippen LogP contribution in [0.1, 0.15) is 82.1 Å². The van der Waals surface area contributed by atoms with Gasteiger partial charge in [0.05, 0.1) is 32.9 Å². The first-order valence-electron chi connectivity index (χ1n) is 15.6. The molecule has 0 heterocycles. The highest BCUT2D eigenvalue weighted by Crippen LogP contribution is 2.30. The van der Waals surface area contributed by atoms with Crippen LogP contribution in [0.3, 0.4) is 0 Å². The number of carbonyl (C=O) groups excluding carboxylic acids is 5. The normalized spacial score (nSPS) is 10.2. The van der Waals surface area contributed by atoms with Crippen molar-refractivity contribution in [2.45, 2.75) is 82.1 Å². The third-order valence-electron chi connectivity index (χ3n) is 5.41. The molecule has 17 heteroatoms. The Labute approximate surface area is 300 Å². The Morgan fingerprint density at radius 3 is 1.27 bits per heavy atom. The van der Waals surface area contributed by atoms with Gasteiger partial charge >= 0.3 is 42.2 Å². The number of hydroxylamine groups is 4. The van der Waals surface area contributed by atoms with Crippen molar-refractivity contribution in [1.29, 1.82) is 0 Å². The van der Waals surface area contributed by atoms with Crippen molar-refractivity contribution < 1.29 is 67.7 Å². The van der Waals surface area contributed by atoms with Crippen LogP contribution >= 0.6 is 0 Å². The molecule has 3 amide bonds. The number of carbonyl (C=O) groups is 7. The predicted molar refractivity (Wildman–Crippen MR) is 188 cm³/mol. The molecule has 1 atom stereocenters. The smallest absolute Gasteiger partial charge is 0.443 e. The number of ether oxygens (including phenoxy) is 3. The Morgan fingerprint density at radius 1 is 0.667 bits per heavy atom. The lowest BCUT2D eigenvalue weighted by Crippen LogP contribution is -2.39. The van der Waals surface area contributed by atoms with E-state index in [0.717, 1.165) is 10.1 Å². The third kappa shape index (κ3) is 31.7. The third-order valence-corrected chi connectivity index (χ3v) is 5.41. The number of rotatable bonds is 14. The summed E-state index contributed by atoms with van der Waals surface area (Å²) < 4.78 is 14.1. The van der Waals surface area contributed by atoms with Crippen LogP contribution in [0.15, 0.2) is 48.6 Å². The number of hydrogen-bond donors (Lipinski definition) is 3. The maximum Gasteiger partial charge on any atom is 0.443 e. The molecule has 0 aromatic rings. The number of primary amides is 1. The first-order chi connectivity index (χ1) is 23.3. The predicted octanol–water partition coefficient (Wildman–Crippen LogP) is 5.81. The average Bonchev–Trinajstić information content (AvgIpc) is 2.99. The summed E-state index contributed by atoms with van der Waals surface area (Å²) in [6.07, 6.45) is -1.19. The van der Waals surface area contributed by atoms with Gasteiger partial charge in [-0.1, -0.05) is 47.1 Å². The first kappa shape index (κ1) is 52.5. The SMILES string of the molecule is C=C(C)C(=O)O.C=C(C)C(=O)O.C=C(C)C(=O)ON(CCC(C)(C)CC(C)CN(OC(=O)C(=C)C)C(=O)OCC)C(=O)OCC.CCOC(N)=O. The second-order valence-electron chi connectivity index (χ2n) is 11.5. The fourth-order valence-electron chi connectivity index (χ4n) is 3.01. The van der Waals surface area contributed by atoms with E-state index in [2.05, 4.69) is 36.8 Å². The van der Waals surface area contributed by atoms with Crippen LogP contribution in [-0.4, -0.2) is 95.4 Å². The van der Waals surface area contributed by atoms with Crippen molar-refractivity contribution in [3.05, 3.63) is 48.6 Å². The molecule has 292 valence electrons. The molecule has 0 fully saturated rings. The van der Waals surface area contributed by atoms with Crippen molar-refractivity contribution in [1.82, 2.24) is 10.1 Å². The lowest BCUT2D eigenvalue weighted by Gasteiger charge is -2.32. The topological polar surface area (TPSA) is 239 Å². The van der Waals surface area contributed by atoms with E-state index >= 15 is 0 Å². The summed E-state index contributed by atoms with van der Waals surface area (Å²) in [6.45, 7) is 30.9. The van der Waals surface area contributed by atoms with E-state index in [0.29, 0.717) is 19.4 Å². The number of amides is 3. The Hall–Kier alpha value is -5.35. The summed E-state index contributed by atoms with van der Waals surface area (Å²) in [7, 11) is 0. The minimum absolute atomic E-state index is 0.101. The molecule has 0 aliphatic rings. The lowest BCUT2D eigenvalue weighted by atomic mass is 9.80. The van der Waals surface area contributed by atoms with Crippen LogP contribution < -0.4 is 5.73 Å². The molecule has 17 nitrogen and oxygen atoms in total. The zero-order valence-electron chi connectivity index (χ0n) is 31.6. The number of aliphatic carboxylic acids is 2. The van der Waals surface area contributed by atoms with Gasteiger partial charge in [0, 0.05) is 22.3 Å². The number of nitrogens with zero attached hydrogens (tertiary/aromatic N) is 2. The van der Waals surface area contributed by atoms with Crippen molar-refractivity contribution in [2.75, 3.05) is 32.9 Å². The summed E-state index contributed by atoms with van der Waals surface area (Å²) in [5, 5.41) is 17.6. The number of hydrogen-bond acceptors (Lipinski definition) is 12. The van der Waals surface area contributed by atoms with Gasteiger partial charge in [-0.25, -0.2) is 33.6 Å².